The molecule has 5 heteroatoms. The van der Waals surface area contributed by atoms with Gasteiger partial charge in [-0.3, -0.25) is 4.79 Å². The molecule has 0 spiro atoms. The summed E-state index contributed by atoms with van der Waals surface area (Å²) in [6, 6.07) is 6.00. The van der Waals surface area contributed by atoms with Crippen LogP contribution in [0.4, 0.5) is 11.4 Å². The number of hydrogen-bond donors (Lipinski definition) is 2. The molecule has 1 fully saturated rings. The van der Waals surface area contributed by atoms with Gasteiger partial charge in [0.05, 0.1) is 0 Å². The molecule has 2 aliphatic rings. The smallest absolute Gasteiger partial charge is 0.253 e. The maximum atomic E-state index is 11.9. The first-order valence-corrected chi connectivity index (χ1v) is 6.12. The Hall–Kier alpha value is -1.26. The minimum absolute atomic E-state index is 0. The van der Waals surface area contributed by atoms with Gasteiger partial charge < -0.3 is 15.4 Å². The van der Waals surface area contributed by atoms with E-state index < -0.39 is 0 Å². The second kappa shape index (κ2) is 5.59. The first kappa shape index (κ1) is 13.2. The lowest BCUT2D eigenvalue weighted by molar-refractivity contribution is -0.124. The van der Waals surface area contributed by atoms with Gasteiger partial charge in [0.2, 0.25) is 0 Å². The summed E-state index contributed by atoms with van der Waals surface area (Å²) in [5, 5.41) is 6.22. The summed E-state index contributed by atoms with van der Waals surface area (Å²) in [7, 11) is 0. The minimum Gasteiger partial charge on any atom is -0.384 e. The Labute approximate surface area is 113 Å². The van der Waals surface area contributed by atoms with E-state index in [0.29, 0.717) is 6.61 Å². The third-order valence-corrected chi connectivity index (χ3v) is 3.30. The van der Waals surface area contributed by atoms with E-state index in [4.69, 9.17) is 4.74 Å². The largest absolute Gasteiger partial charge is 0.384 e. The van der Waals surface area contributed by atoms with Gasteiger partial charge in [0.1, 0.15) is 6.10 Å². The van der Waals surface area contributed by atoms with Crippen LogP contribution in [0, 0.1) is 0 Å². The number of carbonyl (C=O) groups is 1. The van der Waals surface area contributed by atoms with Crippen molar-refractivity contribution in [2.75, 3.05) is 23.8 Å². The summed E-state index contributed by atoms with van der Waals surface area (Å²) >= 11 is 0. The van der Waals surface area contributed by atoms with E-state index >= 15 is 0 Å². The quantitative estimate of drug-likeness (QED) is 0.865. The highest BCUT2D eigenvalue weighted by Crippen LogP contribution is 2.25. The minimum atomic E-state index is -0.263. The van der Waals surface area contributed by atoms with Gasteiger partial charge in [-0.05, 0) is 43.0 Å². The number of benzene rings is 1. The number of amides is 1. The molecule has 0 radical (unpaired) electrons. The van der Waals surface area contributed by atoms with Crippen LogP contribution >= 0.6 is 12.4 Å². The predicted octanol–water partition coefficient (Wildman–Crippen LogP) is 2.19. The van der Waals surface area contributed by atoms with Crippen LogP contribution in [0.3, 0.4) is 0 Å². The van der Waals surface area contributed by atoms with Crippen LogP contribution in [0.1, 0.15) is 18.4 Å². The molecule has 98 valence electrons. The van der Waals surface area contributed by atoms with Crippen LogP contribution in [0.2, 0.25) is 0 Å². The zero-order valence-electron chi connectivity index (χ0n) is 10.1. The van der Waals surface area contributed by atoms with Crippen molar-refractivity contribution < 1.29 is 9.53 Å². The number of fused-ring (bicyclic) bond motifs is 1. The van der Waals surface area contributed by atoms with Gasteiger partial charge >= 0.3 is 0 Å². The van der Waals surface area contributed by atoms with Crippen molar-refractivity contribution in [2.24, 2.45) is 0 Å². The number of ether oxygens (including phenoxy) is 1. The van der Waals surface area contributed by atoms with E-state index in [2.05, 4.69) is 10.6 Å². The van der Waals surface area contributed by atoms with Gasteiger partial charge in [0.25, 0.3) is 5.91 Å². The Morgan fingerprint density at radius 3 is 3.11 bits per heavy atom. The number of rotatable bonds is 2. The van der Waals surface area contributed by atoms with E-state index in [0.717, 1.165) is 31.5 Å². The zero-order chi connectivity index (χ0) is 11.7. The Kier molecular flexibility index (Phi) is 4.09. The van der Waals surface area contributed by atoms with Crippen LogP contribution in [0.15, 0.2) is 18.2 Å². The average Bonchev–Trinajstić information content (AvgIpc) is 2.99. The van der Waals surface area contributed by atoms with Crippen molar-refractivity contribution >= 4 is 29.7 Å². The summed E-state index contributed by atoms with van der Waals surface area (Å²) in [4.78, 5) is 11.9. The van der Waals surface area contributed by atoms with Gasteiger partial charge in [-0.25, -0.2) is 0 Å². The highest BCUT2D eigenvalue weighted by atomic mass is 35.5. The van der Waals surface area contributed by atoms with E-state index in [1.54, 1.807) is 0 Å². The SMILES string of the molecule is Cl.O=C(Nc1ccc2c(c1)CCN2)C1CCCO1. The van der Waals surface area contributed by atoms with Crippen molar-refractivity contribution in [1.29, 1.82) is 0 Å². The monoisotopic (exact) mass is 268 g/mol. The fraction of sp³-hybridized carbons (Fsp3) is 0.462. The lowest BCUT2D eigenvalue weighted by Gasteiger charge is -2.11. The van der Waals surface area contributed by atoms with Gasteiger partial charge in [-0.1, -0.05) is 0 Å². The highest BCUT2D eigenvalue weighted by Gasteiger charge is 2.23. The third-order valence-electron chi connectivity index (χ3n) is 3.30. The second-order valence-electron chi connectivity index (χ2n) is 4.54. The Morgan fingerprint density at radius 1 is 1.44 bits per heavy atom. The molecule has 1 aromatic rings. The van der Waals surface area contributed by atoms with Crippen LogP contribution < -0.4 is 10.6 Å². The third kappa shape index (κ3) is 2.60. The van der Waals surface area contributed by atoms with Crippen molar-refractivity contribution in [2.45, 2.75) is 25.4 Å². The van der Waals surface area contributed by atoms with Gasteiger partial charge in [0, 0.05) is 24.5 Å². The maximum absolute atomic E-state index is 11.9. The molecule has 1 atom stereocenters. The molecule has 0 saturated carbocycles. The summed E-state index contributed by atoms with van der Waals surface area (Å²) < 4.78 is 5.36. The average molecular weight is 269 g/mol. The molecular formula is C13H17ClN2O2. The molecule has 18 heavy (non-hydrogen) atoms. The van der Waals surface area contributed by atoms with Gasteiger partial charge in [-0.2, -0.15) is 0 Å². The molecule has 4 nitrogen and oxygen atoms in total. The molecule has 2 aliphatic heterocycles. The summed E-state index contributed by atoms with van der Waals surface area (Å²) in [5.41, 5.74) is 3.32. The number of hydrogen-bond acceptors (Lipinski definition) is 3. The van der Waals surface area contributed by atoms with Crippen molar-refractivity contribution in [3.05, 3.63) is 23.8 Å². The lowest BCUT2D eigenvalue weighted by atomic mass is 10.1. The summed E-state index contributed by atoms with van der Waals surface area (Å²) in [6.07, 6.45) is 2.57. The van der Waals surface area contributed by atoms with Gasteiger partial charge in [0.15, 0.2) is 0 Å². The first-order valence-electron chi connectivity index (χ1n) is 6.12. The van der Waals surface area contributed by atoms with Crippen molar-refractivity contribution in [3.63, 3.8) is 0 Å². The highest BCUT2D eigenvalue weighted by molar-refractivity contribution is 5.94. The molecule has 2 heterocycles. The fourth-order valence-corrected chi connectivity index (χ4v) is 2.39. The Balaban J connectivity index is 0.00000120. The van der Waals surface area contributed by atoms with Crippen LogP contribution in [-0.2, 0) is 16.0 Å². The molecule has 2 N–H and O–H groups in total. The molecule has 1 amide bonds. The second-order valence-corrected chi connectivity index (χ2v) is 4.54. The summed E-state index contributed by atoms with van der Waals surface area (Å²) in [5.74, 6) is -0.0200. The van der Waals surface area contributed by atoms with E-state index in [1.807, 2.05) is 18.2 Å². The standard InChI is InChI=1S/C13H16N2O2.ClH/c16-13(12-2-1-7-17-12)15-10-3-4-11-9(8-10)5-6-14-11;/h3-4,8,12,14H,1-2,5-7H2,(H,15,16);1H. The van der Waals surface area contributed by atoms with Gasteiger partial charge in [-0.15, -0.1) is 12.4 Å². The maximum Gasteiger partial charge on any atom is 0.253 e. The molecule has 1 saturated heterocycles. The number of anilines is 2. The number of nitrogens with one attached hydrogen (secondary N) is 2. The molecule has 0 bridgehead atoms. The van der Waals surface area contributed by atoms with Crippen LogP contribution in [-0.4, -0.2) is 25.2 Å². The fourth-order valence-electron chi connectivity index (χ4n) is 2.39. The molecular weight excluding hydrogens is 252 g/mol. The topological polar surface area (TPSA) is 50.4 Å². The molecule has 0 aromatic heterocycles. The predicted molar refractivity (Wildman–Crippen MR) is 73.5 cm³/mol. The van der Waals surface area contributed by atoms with E-state index in [-0.39, 0.29) is 24.4 Å². The Morgan fingerprint density at radius 2 is 2.33 bits per heavy atom. The lowest BCUT2D eigenvalue weighted by Crippen LogP contribution is -2.26. The Bertz CT molecular complexity index is 445. The summed E-state index contributed by atoms with van der Waals surface area (Å²) in [6.45, 7) is 1.69. The normalized spacial score (nSPS) is 20.8. The van der Waals surface area contributed by atoms with E-state index in [9.17, 15) is 4.79 Å². The van der Waals surface area contributed by atoms with Crippen molar-refractivity contribution in [1.82, 2.24) is 0 Å². The zero-order valence-corrected chi connectivity index (χ0v) is 10.9. The number of carbonyl (C=O) groups excluding carboxylic acids is 1. The molecule has 0 aliphatic carbocycles. The number of halogens is 1. The molecule has 1 unspecified atom stereocenters. The van der Waals surface area contributed by atoms with Crippen LogP contribution in [0.5, 0.6) is 0 Å². The van der Waals surface area contributed by atoms with E-state index in [1.165, 1.54) is 11.3 Å². The van der Waals surface area contributed by atoms with Crippen molar-refractivity contribution in [3.8, 4) is 0 Å². The molecule has 1 aromatic carbocycles. The first-order chi connectivity index (χ1) is 8.33. The van der Waals surface area contributed by atoms with Crippen LogP contribution in [0.25, 0.3) is 0 Å². The molecule has 3 rings (SSSR count).